The van der Waals surface area contributed by atoms with Gasteiger partial charge in [-0.25, -0.2) is 17.7 Å². The average Bonchev–Trinajstić information content (AvgIpc) is 2.59. The number of nitrogens with zero attached hydrogens (tertiary/aromatic N) is 2. The Labute approximate surface area is 170 Å². The molecule has 0 heterocycles. The summed E-state index contributed by atoms with van der Waals surface area (Å²) in [7, 11) is -0.580. The molecule has 9 heteroatoms. The van der Waals surface area contributed by atoms with Crippen LogP contribution in [0, 0.1) is 0 Å². The molecule has 2 aromatic carbocycles. The SMILES string of the molecule is CC(NC(N)=NCc1ccccc1S(=O)(=O)N(C)C)c1ccc(Cl)cc1Cl. The first-order valence-electron chi connectivity index (χ1n) is 8.14. The molecule has 6 nitrogen and oxygen atoms in total. The van der Waals surface area contributed by atoms with Crippen molar-refractivity contribution in [3.05, 3.63) is 63.6 Å². The molecule has 0 aromatic heterocycles. The number of benzene rings is 2. The summed E-state index contributed by atoms with van der Waals surface area (Å²) >= 11 is 12.1. The van der Waals surface area contributed by atoms with E-state index in [1.165, 1.54) is 18.4 Å². The maximum atomic E-state index is 12.4. The van der Waals surface area contributed by atoms with Crippen molar-refractivity contribution in [2.45, 2.75) is 24.4 Å². The zero-order chi connectivity index (χ0) is 20.2. The second kappa shape index (κ2) is 8.93. The predicted molar refractivity (Wildman–Crippen MR) is 111 cm³/mol. The number of halogens is 2. The Morgan fingerprint density at radius 1 is 1.22 bits per heavy atom. The Kier molecular flexibility index (Phi) is 7.11. The highest BCUT2D eigenvalue weighted by Gasteiger charge is 2.20. The van der Waals surface area contributed by atoms with Crippen molar-refractivity contribution in [1.29, 1.82) is 0 Å². The molecular weight excluding hydrogens is 407 g/mol. The van der Waals surface area contributed by atoms with Crippen molar-refractivity contribution in [3.63, 3.8) is 0 Å². The highest BCUT2D eigenvalue weighted by molar-refractivity contribution is 7.89. The Morgan fingerprint density at radius 3 is 2.52 bits per heavy atom. The molecule has 2 aromatic rings. The molecular formula is C18H22Cl2N4O2S. The van der Waals surface area contributed by atoms with Crippen LogP contribution in [0.2, 0.25) is 10.0 Å². The van der Waals surface area contributed by atoms with Crippen LogP contribution in [0.3, 0.4) is 0 Å². The predicted octanol–water partition coefficient (Wildman–Crippen LogP) is 3.41. The van der Waals surface area contributed by atoms with Gasteiger partial charge in [-0.1, -0.05) is 47.5 Å². The van der Waals surface area contributed by atoms with Gasteiger partial charge in [0, 0.05) is 24.1 Å². The van der Waals surface area contributed by atoms with Crippen molar-refractivity contribution >= 4 is 39.2 Å². The van der Waals surface area contributed by atoms with Crippen LogP contribution in [-0.2, 0) is 16.6 Å². The maximum Gasteiger partial charge on any atom is 0.242 e. The Bertz CT molecular complexity index is 946. The van der Waals surface area contributed by atoms with Crippen LogP contribution in [0.25, 0.3) is 0 Å². The van der Waals surface area contributed by atoms with E-state index < -0.39 is 10.0 Å². The summed E-state index contributed by atoms with van der Waals surface area (Å²) in [5, 5.41) is 4.13. The minimum Gasteiger partial charge on any atom is -0.370 e. The number of hydrogen-bond donors (Lipinski definition) is 2. The van der Waals surface area contributed by atoms with E-state index in [0.29, 0.717) is 15.6 Å². The molecule has 27 heavy (non-hydrogen) atoms. The molecule has 0 aliphatic rings. The molecule has 146 valence electrons. The molecule has 0 spiro atoms. The number of nitrogens with two attached hydrogens (primary N) is 1. The van der Waals surface area contributed by atoms with E-state index in [9.17, 15) is 8.42 Å². The number of aliphatic imine (C=N–C) groups is 1. The van der Waals surface area contributed by atoms with Gasteiger partial charge in [-0.05, 0) is 36.2 Å². The quantitative estimate of drug-likeness (QED) is 0.544. The lowest BCUT2D eigenvalue weighted by Gasteiger charge is -2.17. The summed E-state index contributed by atoms with van der Waals surface area (Å²) in [6.45, 7) is 2.02. The highest BCUT2D eigenvalue weighted by atomic mass is 35.5. The molecule has 0 saturated heterocycles. The normalized spacial score (nSPS) is 13.6. The molecule has 0 amide bonds. The van der Waals surface area contributed by atoms with Crippen LogP contribution in [0.4, 0.5) is 0 Å². The standard InChI is InChI=1S/C18H22Cl2N4O2S/c1-12(15-9-8-14(19)10-16(15)20)23-18(21)22-11-13-6-4-5-7-17(13)27(25,26)24(2)3/h4-10,12H,11H2,1-3H3,(H3,21,22,23). The monoisotopic (exact) mass is 428 g/mol. The summed E-state index contributed by atoms with van der Waals surface area (Å²) in [4.78, 5) is 4.48. The van der Waals surface area contributed by atoms with Gasteiger partial charge in [-0.2, -0.15) is 0 Å². The van der Waals surface area contributed by atoms with Gasteiger partial charge in [0.15, 0.2) is 5.96 Å². The zero-order valence-corrected chi connectivity index (χ0v) is 17.6. The van der Waals surface area contributed by atoms with Crippen LogP contribution in [0.15, 0.2) is 52.4 Å². The van der Waals surface area contributed by atoms with Gasteiger partial charge in [-0.15, -0.1) is 0 Å². The van der Waals surface area contributed by atoms with E-state index in [1.807, 2.05) is 13.0 Å². The van der Waals surface area contributed by atoms with Crippen molar-refractivity contribution < 1.29 is 8.42 Å². The van der Waals surface area contributed by atoms with E-state index in [1.54, 1.807) is 36.4 Å². The molecule has 0 aliphatic carbocycles. The number of hydrogen-bond acceptors (Lipinski definition) is 3. The van der Waals surface area contributed by atoms with Crippen LogP contribution < -0.4 is 11.1 Å². The Balaban J connectivity index is 2.17. The molecule has 0 saturated carbocycles. The summed E-state index contributed by atoms with van der Waals surface area (Å²) in [6.07, 6.45) is 0. The van der Waals surface area contributed by atoms with Crippen molar-refractivity contribution in [1.82, 2.24) is 9.62 Å². The van der Waals surface area contributed by atoms with Gasteiger partial charge >= 0.3 is 0 Å². The minimum absolute atomic E-state index is 0.128. The van der Waals surface area contributed by atoms with E-state index in [0.717, 1.165) is 5.56 Å². The van der Waals surface area contributed by atoms with Gasteiger partial charge in [0.05, 0.1) is 17.5 Å². The van der Waals surface area contributed by atoms with Gasteiger partial charge in [0.1, 0.15) is 0 Å². The summed E-state index contributed by atoms with van der Waals surface area (Å²) in [5.74, 6) is 0.186. The first-order valence-corrected chi connectivity index (χ1v) is 10.3. The Hall–Kier alpha value is -1.80. The van der Waals surface area contributed by atoms with Crippen LogP contribution in [-0.4, -0.2) is 32.8 Å². The lowest BCUT2D eigenvalue weighted by atomic mass is 10.1. The number of sulfonamides is 1. The maximum absolute atomic E-state index is 12.4. The lowest BCUT2D eigenvalue weighted by Crippen LogP contribution is -2.34. The molecule has 1 unspecified atom stereocenters. The number of guanidine groups is 1. The lowest BCUT2D eigenvalue weighted by molar-refractivity contribution is 0.519. The Morgan fingerprint density at radius 2 is 1.89 bits per heavy atom. The van der Waals surface area contributed by atoms with Gasteiger partial charge in [-0.3, -0.25) is 0 Å². The molecule has 2 rings (SSSR count). The highest BCUT2D eigenvalue weighted by Crippen LogP contribution is 2.26. The minimum atomic E-state index is -3.56. The van der Waals surface area contributed by atoms with Crippen LogP contribution in [0.1, 0.15) is 24.1 Å². The molecule has 1 atom stereocenters. The van der Waals surface area contributed by atoms with Gasteiger partial charge in [0.25, 0.3) is 0 Å². The van der Waals surface area contributed by atoms with Crippen molar-refractivity contribution in [2.75, 3.05) is 14.1 Å². The van der Waals surface area contributed by atoms with Crippen LogP contribution >= 0.6 is 23.2 Å². The number of nitrogens with one attached hydrogen (secondary N) is 1. The second-order valence-corrected chi connectivity index (χ2v) is 9.09. The molecule has 0 bridgehead atoms. The van der Waals surface area contributed by atoms with E-state index >= 15 is 0 Å². The molecule has 0 radical (unpaired) electrons. The fraction of sp³-hybridized carbons (Fsp3) is 0.278. The third kappa shape index (κ3) is 5.35. The summed E-state index contributed by atoms with van der Waals surface area (Å²) < 4.78 is 26.0. The molecule has 0 aliphatic heterocycles. The fourth-order valence-corrected chi connectivity index (χ4v) is 4.13. The van der Waals surface area contributed by atoms with Crippen molar-refractivity contribution in [3.8, 4) is 0 Å². The largest absolute Gasteiger partial charge is 0.370 e. The average molecular weight is 429 g/mol. The van der Waals surface area contributed by atoms with Crippen LogP contribution in [0.5, 0.6) is 0 Å². The first kappa shape index (κ1) is 21.5. The van der Waals surface area contributed by atoms with Gasteiger partial charge < -0.3 is 11.1 Å². The molecule has 0 fully saturated rings. The fourth-order valence-electron chi connectivity index (χ4n) is 2.45. The third-order valence-electron chi connectivity index (χ3n) is 3.94. The first-order chi connectivity index (χ1) is 12.6. The molecule has 3 N–H and O–H groups in total. The zero-order valence-electron chi connectivity index (χ0n) is 15.3. The smallest absolute Gasteiger partial charge is 0.242 e. The van der Waals surface area contributed by atoms with E-state index in [-0.39, 0.29) is 23.4 Å². The van der Waals surface area contributed by atoms with Gasteiger partial charge in [0.2, 0.25) is 10.0 Å². The van der Waals surface area contributed by atoms with Crippen molar-refractivity contribution in [2.24, 2.45) is 10.7 Å². The summed E-state index contributed by atoms with van der Waals surface area (Å²) in [5.41, 5.74) is 7.36. The van der Waals surface area contributed by atoms with E-state index in [4.69, 9.17) is 28.9 Å². The van der Waals surface area contributed by atoms with E-state index in [2.05, 4.69) is 10.3 Å². The summed E-state index contributed by atoms with van der Waals surface area (Å²) in [6, 6.07) is 11.7. The topological polar surface area (TPSA) is 87.8 Å². The second-order valence-electron chi connectivity index (χ2n) is 6.13. The third-order valence-corrected chi connectivity index (χ3v) is 6.42. The number of rotatable bonds is 6.